The van der Waals surface area contributed by atoms with Gasteiger partial charge in [-0.25, -0.2) is 9.18 Å². The molecule has 4 N–H and O–H groups in total. The first-order valence-corrected chi connectivity index (χ1v) is 6.80. The second-order valence-corrected chi connectivity index (χ2v) is 4.68. The highest BCUT2D eigenvalue weighted by Crippen LogP contribution is 2.14. The van der Waals surface area contributed by atoms with E-state index >= 15 is 0 Å². The summed E-state index contributed by atoms with van der Waals surface area (Å²) >= 11 is 0. The molecule has 110 valence electrons. The lowest BCUT2D eigenvalue weighted by Gasteiger charge is -2.09. The number of carbonyl (C=O) groups is 1. The van der Waals surface area contributed by atoms with Gasteiger partial charge in [-0.1, -0.05) is 18.2 Å². The monoisotopic (exact) mass is 287 g/mol. The van der Waals surface area contributed by atoms with Gasteiger partial charge in [0.1, 0.15) is 5.82 Å². The molecule has 0 aliphatic rings. The Bertz CT molecular complexity index is 616. The third kappa shape index (κ3) is 4.89. The number of halogens is 1. The SMILES string of the molecule is NCCCc1cccc(NC(=O)Nc2cccc(F)c2)c1. The standard InChI is InChI=1S/C16H18FN3O/c17-13-6-2-8-15(11-13)20-16(21)19-14-7-1-4-12(10-14)5-3-9-18/h1-2,4,6-8,10-11H,3,5,9,18H2,(H2,19,20,21). The highest BCUT2D eigenvalue weighted by molar-refractivity contribution is 5.99. The minimum Gasteiger partial charge on any atom is -0.330 e. The molecule has 21 heavy (non-hydrogen) atoms. The number of aryl methyl sites for hydroxylation is 1. The Hall–Kier alpha value is -2.40. The van der Waals surface area contributed by atoms with Gasteiger partial charge in [-0.05, 0) is 55.3 Å². The molecule has 0 unspecified atom stereocenters. The maximum atomic E-state index is 13.0. The van der Waals surface area contributed by atoms with Gasteiger partial charge in [0.05, 0.1) is 0 Å². The highest BCUT2D eigenvalue weighted by Gasteiger charge is 2.04. The van der Waals surface area contributed by atoms with Crippen LogP contribution >= 0.6 is 0 Å². The lowest BCUT2D eigenvalue weighted by molar-refractivity contribution is 0.262. The van der Waals surface area contributed by atoms with Crippen LogP contribution in [0.1, 0.15) is 12.0 Å². The van der Waals surface area contributed by atoms with E-state index in [4.69, 9.17) is 5.73 Å². The fourth-order valence-electron chi connectivity index (χ4n) is 1.97. The zero-order valence-electron chi connectivity index (χ0n) is 11.6. The summed E-state index contributed by atoms with van der Waals surface area (Å²) in [6.07, 6.45) is 1.77. The molecule has 5 heteroatoms. The molecule has 0 bridgehead atoms. The predicted molar refractivity (Wildman–Crippen MR) is 82.9 cm³/mol. The normalized spacial score (nSPS) is 10.2. The quantitative estimate of drug-likeness (QED) is 0.789. The molecule has 2 aromatic carbocycles. The Kier molecular flexibility index (Phi) is 5.29. The lowest BCUT2D eigenvalue weighted by atomic mass is 10.1. The molecule has 2 aromatic rings. The second-order valence-electron chi connectivity index (χ2n) is 4.68. The number of hydrogen-bond donors (Lipinski definition) is 3. The fourth-order valence-corrected chi connectivity index (χ4v) is 1.97. The van der Waals surface area contributed by atoms with Crippen molar-refractivity contribution in [2.75, 3.05) is 17.2 Å². The van der Waals surface area contributed by atoms with Crippen molar-refractivity contribution in [1.82, 2.24) is 0 Å². The molecule has 2 amide bonds. The van der Waals surface area contributed by atoms with E-state index in [0.29, 0.717) is 17.9 Å². The van der Waals surface area contributed by atoms with Gasteiger partial charge in [-0.3, -0.25) is 0 Å². The Morgan fingerprint density at radius 1 is 1.05 bits per heavy atom. The average molecular weight is 287 g/mol. The molecular formula is C16H18FN3O. The molecule has 0 heterocycles. The molecule has 0 saturated heterocycles. The van der Waals surface area contributed by atoms with E-state index in [1.807, 2.05) is 18.2 Å². The lowest BCUT2D eigenvalue weighted by Crippen LogP contribution is -2.19. The van der Waals surface area contributed by atoms with Crippen molar-refractivity contribution >= 4 is 17.4 Å². The fraction of sp³-hybridized carbons (Fsp3) is 0.188. The van der Waals surface area contributed by atoms with Crippen LogP contribution in [0.3, 0.4) is 0 Å². The number of urea groups is 1. The maximum Gasteiger partial charge on any atom is 0.323 e. The van der Waals surface area contributed by atoms with E-state index in [1.54, 1.807) is 18.2 Å². The third-order valence-corrected chi connectivity index (χ3v) is 2.94. The summed E-state index contributed by atoms with van der Waals surface area (Å²) in [6, 6.07) is 12.9. The Morgan fingerprint density at radius 2 is 1.71 bits per heavy atom. The molecular weight excluding hydrogens is 269 g/mol. The summed E-state index contributed by atoms with van der Waals surface area (Å²) in [4.78, 5) is 11.9. The van der Waals surface area contributed by atoms with Crippen molar-refractivity contribution in [1.29, 1.82) is 0 Å². The molecule has 0 aromatic heterocycles. The minimum absolute atomic E-state index is 0.392. The number of carbonyl (C=O) groups excluding carboxylic acids is 1. The summed E-state index contributed by atoms with van der Waals surface area (Å²) in [6.45, 7) is 0.637. The predicted octanol–water partition coefficient (Wildman–Crippen LogP) is 3.36. The van der Waals surface area contributed by atoms with Crippen LogP contribution in [0.4, 0.5) is 20.6 Å². The van der Waals surface area contributed by atoms with Crippen molar-refractivity contribution in [3.8, 4) is 0 Å². The van der Waals surface area contributed by atoms with Crippen molar-refractivity contribution in [2.24, 2.45) is 5.73 Å². The van der Waals surface area contributed by atoms with Gasteiger partial charge in [0.2, 0.25) is 0 Å². The minimum atomic E-state index is -0.406. The van der Waals surface area contributed by atoms with E-state index < -0.39 is 11.8 Å². The van der Waals surface area contributed by atoms with E-state index in [1.165, 1.54) is 12.1 Å². The average Bonchev–Trinajstić information content (AvgIpc) is 2.45. The molecule has 2 rings (SSSR count). The van der Waals surface area contributed by atoms with Crippen LogP contribution in [0.25, 0.3) is 0 Å². The second kappa shape index (κ2) is 7.40. The third-order valence-electron chi connectivity index (χ3n) is 2.94. The van der Waals surface area contributed by atoms with Crippen LogP contribution in [0.5, 0.6) is 0 Å². The maximum absolute atomic E-state index is 13.0. The summed E-state index contributed by atoms with van der Waals surface area (Å²) in [5.41, 5.74) is 7.70. The van der Waals surface area contributed by atoms with Gasteiger partial charge < -0.3 is 16.4 Å². The van der Waals surface area contributed by atoms with Gasteiger partial charge in [0.15, 0.2) is 0 Å². The number of amides is 2. The number of anilines is 2. The van der Waals surface area contributed by atoms with Crippen LogP contribution in [-0.4, -0.2) is 12.6 Å². The molecule has 4 nitrogen and oxygen atoms in total. The van der Waals surface area contributed by atoms with Crippen LogP contribution in [-0.2, 0) is 6.42 Å². The van der Waals surface area contributed by atoms with Crippen molar-refractivity contribution < 1.29 is 9.18 Å². The van der Waals surface area contributed by atoms with Crippen molar-refractivity contribution in [3.05, 3.63) is 59.9 Å². The van der Waals surface area contributed by atoms with Crippen molar-refractivity contribution in [2.45, 2.75) is 12.8 Å². The Morgan fingerprint density at radius 3 is 2.38 bits per heavy atom. The summed E-state index contributed by atoms with van der Waals surface area (Å²) < 4.78 is 13.0. The van der Waals surface area contributed by atoms with E-state index in [9.17, 15) is 9.18 Å². The van der Waals surface area contributed by atoms with Gasteiger partial charge in [-0.2, -0.15) is 0 Å². The number of nitrogens with two attached hydrogens (primary N) is 1. The highest BCUT2D eigenvalue weighted by atomic mass is 19.1. The zero-order chi connectivity index (χ0) is 15.1. The Balaban J connectivity index is 1.96. The van der Waals surface area contributed by atoms with E-state index in [-0.39, 0.29) is 0 Å². The smallest absolute Gasteiger partial charge is 0.323 e. The molecule has 0 aliphatic heterocycles. The summed E-state index contributed by atoms with van der Waals surface area (Å²) in [7, 11) is 0. The first-order chi connectivity index (χ1) is 10.2. The van der Waals surface area contributed by atoms with Gasteiger partial charge in [0.25, 0.3) is 0 Å². The van der Waals surface area contributed by atoms with E-state index in [2.05, 4.69) is 10.6 Å². The molecule has 0 fully saturated rings. The number of hydrogen-bond acceptors (Lipinski definition) is 2. The molecule has 0 radical (unpaired) electrons. The van der Waals surface area contributed by atoms with Gasteiger partial charge in [0, 0.05) is 11.4 Å². The summed E-state index contributed by atoms with van der Waals surface area (Å²) in [5.74, 6) is -0.392. The topological polar surface area (TPSA) is 67.1 Å². The molecule has 0 saturated carbocycles. The Labute approximate surface area is 123 Å². The first kappa shape index (κ1) is 15.0. The van der Waals surface area contributed by atoms with Gasteiger partial charge >= 0.3 is 6.03 Å². The number of benzene rings is 2. The first-order valence-electron chi connectivity index (χ1n) is 6.80. The number of nitrogens with one attached hydrogen (secondary N) is 2. The van der Waals surface area contributed by atoms with Crippen molar-refractivity contribution in [3.63, 3.8) is 0 Å². The van der Waals surface area contributed by atoms with Crippen LogP contribution in [0.15, 0.2) is 48.5 Å². The summed E-state index contributed by atoms with van der Waals surface area (Å²) in [5, 5.41) is 5.31. The van der Waals surface area contributed by atoms with Crippen LogP contribution in [0.2, 0.25) is 0 Å². The van der Waals surface area contributed by atoms with Crippen LogP contribution < -0.4 is 16.4 Å². The van der Waals surface area contributed by atoms with Gasteiger partial charge in [-0.15, -0.1) is 0 Å². The largest absolute Gasteiger partial charge is 0.330 e. The molecule has 0 atom stereocenters. The number of rotatable bonds is 5. The van der Waals surface area contributed by atoms with E-state index in [0.717, 1.165) is 18.4 Å². The van der Waals surface area contributed by atoms with Crippen LogP contribution in [0, 0.1) is 5.82 Å². The molecule has 0 spiro atoms. The molecule has 0 aliphatic carbocycles. The zero-order valence-corrected chi connectivity index (χ0v) is 11.6.